The number of likely N-dealkylation sites (tertiary alicyclic amines) is 1. The summed E-state index contributed by atoms with van der Waals surface area (Å²) in [5, 5.41) is 1.99. The molecule has 2 aromatic rings. The number of aromatic nitrogens is 2. The Hall–Kier alpha value is -1.62. The molecule has 4 nitrogen and oxygen atoms in total. The summed E-state index contributed by atoms with van der Waals surface area (Å²) in [5.74, 6) is 0.104. The first-order chi connectivity index (χ1) is 8.34. The van der Waals surface area contributed by atoms with Gasteiger partial charge in [0.15, 0.2) is 4.96 Å². The van der Waals surface area contributed by atoms with Crippen LogP contribution in [-0.4, -0.2) is 33.3 Å². The second-order valence-corrected chi connectivity index (χ2v) is 4.98. The Kier molecular flexibility index (Phi) is 2.68. The lowest BCUT2D eigenvalue weighted by atomic mass is 10.3. The Balaban J connectivity index is 1.78. The zero-order valence-electron chi connectivity index (χ0n) is 9.37. The van der Waals surface area contributed by atoms with Crippen LogP contribution < -0.4 is 0 Å². The van der Waals surface area contributed by atoms with E-state index in [4.69, 9.17) is 0 Å². The van der Waals surface area contributed by atoms with E-state index in [0.717, 1.165) is 36.6 Å². The number of thiazole rings is 1. The third-order valence-corrected chi connectivity index (χ3v) is 3.76. The summed E-state index contributed by atoms with van der Waals surface area (Å²) in [5.41, 5.74) is 0.953. The van der Waals surface area contributed by atoms with Crippen LogP contribution in [0.4, 0.5) is 0 Å². The zero-order chi connectivity index (χ0) is 11.7. The summed E-state index contributed by atoms with van der Waals surface area (Å²) in [6, 6.07) is 0. The van der Waals surface area contributed by atoms with Gasteiger partial charge in [-0.25, -0.2) is 4.98 Å². The van der Waals surface area contributed by atoms with E-state index >= 15 is 0 Å². The molecule has 0 saturated carbocycles. The van der Waals surface area contributed by atoms with Crippen LogP contribution >= 0.6 is 11.3 Å². The fourth-order valence-electron chi connectivity index (χ4n) is 2.07. The van der Waals surface area contributed by atoms with Gasteiger partial charge in [0, 0.05) is 30.7 Å². The maximum atomic E-state index is 11.8. The summed E-state index contributed by atoms with van der Waals surface area (Å²) in [7, 11) is 0. The van der Waals surface area contributed by atoms with Gasteiger partial charge < -0.3 is 4.90 Å². The Bertz CT molecular complexity index is 563. The summed E-state index contributed by atoms with van der Waals surface area (Å²) < 4.78 is 1.98. The predicted molar refractivity (Wildman–Crippen MR) is 67.9 cm³/mol. The molecule has 0 atom stereocenters. The number of nitrogens with zero attached hydrogens (tertiary/aromatic N) is 3. The Labute approximate surface area is 103 Å². The van der Waals surface area contributed by atoms with Crippen molar-refractivity contribution in [3.8, 4) is 0 Å². The van der Waals surface area contributed by atoms with Crippen molar-refractivity contribution >= 4 is 28.3 Å². The number of amides is 1. The smallest absolute Gasteiger partial charge is 0.246 e. The van der Waals surface area contributed by atoms with E-state index in [1.807, 2.05) is 27.0 Å². The highest BCUT2D eigenvalue weighted by Crippen LogP contribution is 2.14. The molecule has 17 heavy (non-hydrogen) atoms. The minimum atomic E-state index is 0.104. The summed E-state index contributed by atoms with van der Waals surface area (Å²) in [6.07, 6.45) is 9.49. The van der Waals surface area contributed by atoms with Crippen LogP contribution in [-0.2, 0) is 4.79 Å². The molecule has 0 aliphatic carbocycles. The lowest BCUT2D eigenvalue weighted by Crippen LogP contribution is -2.25. The Morgan fingerprint density at radius 2 is 2.24 bits per heavy atom. The summed E-state index contributed by atoms with van der Waals surface area (Å²) in [6.45, 7) is 1.78. The van der Waals surface area contributed by atoms with Gasteiger partial charge in [0.05, 0.1) is 11.9 Å². The third kappa shape index (κ3) is 1.98. The van der Waals surface area contributed by atoms with E-state index in [-0.39, 0.29) is 5.91 Å². The van der Waals surface area contributed by atoms with Crippen molar-refractivity contribution in [2.24, 2.45) is 0 Å². The number of fused-ring (bicyclic) bond motifs is 1. The molecule has 0 unspecified atom stereocenters. The van der Waals surface area contributed by atoms with E-state index in [9.17, 15) is 4.79 Å². The average molecular weight is 247 g/mol. The maximum Gasteiger partial charge on any atom is 0.246 e. The molecule has 0 bridgehead atoms. The van der Waals surface area contributed by atoms with Crippen LogP contribution in [0.25, 0.3) is 11.0 Å². The number of rotatable bonds is 2. The minimum absolute atomic E-state index is 0.104. The fraction of sp³-hybridized carbons (Fsp3) is 0.333. The molecule has 0 aromatic carbocycles. The number of hydrogen-bond donors (Lipinski definition) is 0. The molecule has 3 heterocycles. The van der Waals surface area contributed by atoms with Crippen LogP contribution in [0, 0.1) is 0 Å². The van der Waals surface area contributed by atoms with Crippen LogP contribution in [0.15, 0.2) is 23.8 Å². The van der Waals surface area contributed by atoms with Crippen LogP contribution in [0.3, 0.4) is 0 Å². The highest BCUT2D eigenvalue weighted by molar-refractivity contribution is 7.15. The summed E-state index contributed by atoms with van der Waals surface area (Å²) >= 11 is 1.59. The molecule has 5 heteroatoms. The first kappa shape index (κ1) is 10.5. The fourth-order valence-corrected chi connectivity index (χ4v) is 2.77. The molecule has 0 radical (unpaired) electrons. The quantitative estimate of drug-likeness (QED) is 0.761. The minimum Gasteiger partial charge on any atom is -0.339 e. The third-order valence-electron chi connectivity index (χ3n) is 2.99. The molecule has 1 saturated heterocycles. The lowest BCUT2D eigenvalue weighted by molar-refractivity contribution is -0.124. The van der Waals surface area contributed by atoms with Gasteiger partial charge in [-0.05, 0) is 18.9 Å². The van der Waals surface area contributed by atoms with Gasteiger partial charge in [-0.1, -0.05) is 0 Å². The van der Waals surface area contributed by atoms with Gasteiger partial charge in [0.2, 0.25) is 5.91 Å². The van der Waals surface area contributed by atoms with Gasteiger partial charge >= 0.3 is 0 Å². The lowest BCUT2D eigenvalue weighted by Gasteiger charge is -2.11. The molecule has 1 aliphatic rings. The number of carbonyl (C=O) groups excluding carboxylic acids is 1. The van der Waals surface area contributed by atoms with Gasteiger partial charge in [0.25, 0.3) is 0 Å². The van der Waals surface area contributed by atoms with E-state index in [1.54, 1.807) is 23.6 Å². The SMILES string of the molecule is O=C(/C=C/c1cnc2sccn12)N1CCCC1. The second-order valence-electron chi connectivity index (χ2n) is 4.10. The van der Waals surface area contributed by atoms with Crippen molar-refractivity contribution in [2.45, 2.75) is 12.8 Å². The normalized spacial score (nSPS) is 16.4. The monoisotopic (exact) mass is 247 g/mol. The van der Waals surface area contributed by atoms with E-state index in [2.05, 4.69) is 4.98 Å². The van der Waals surface area contributed by atoms with Crippen molar-refractivity contribution in [2.75, 3.05) is 13.1 Å². The topological polar surface area (TPSA) is 37.6 Å². The maximum absolute atomic E-state index is 11.8. The molecule has 0 spiro atoms. The van der Waals surface area contributed by atoms with Gasteiger partial charge in [-0.15, -0.1) is 11.3 Å². The highest BCUT2D eigenvalue weighted by atomic mass is 32.1. The molecule has 2 aromatic heterocycles. The van der Waals surface area contributed by atoms with Gasteiger partial charge in [-0.2, -0.15) is 0 Å². The average Bonchev–Trinajstić information content (AvgIpc) is 3.03. The number of imidazole rings is 1. The molecule has 0 N–H and O–H groups in total. The van der Waals surface area contributed by atoms with Crippen LogP contribution in [0.1, 0.15) is 18.5 Å². The van der Waals surface area contributed by atoms with Crippen LogP contribution in [0.2, 0.25) is 0 Å². The molecule has 3 rings (SSSR count). The van der Waals surface area contributed by atoms with Crippen molar-refractivity contribution in [1.29, 1.82) is 0 Å². The van der Waals surface area contributed by atoms with E-state index < -0.39 is 0 Å². The molecule has 1 amide bonds. The van der Waals surface area contributed by atoms with Crippen molar-refractivity contribution in [1.82, 2.24) is 14.3 Å². The number of carbonyl (C=O) groups is 1. The Morgan fingerprint density at radius 1 is 1.41 bits per heavy atom. The van der Waals surface area contributed by atoms with Gasteiger partial charge in [0.1, 0.15) is 0 Å². The summed E-state index contributed by atoms with van der Waals surface area (Å²) in [4.78, 5) is 18.9. The van der Waals surface area contributed by atoms with E-state index in [1.165, 1.54) is 0 Å². The standard InChI is InChI=1S/C12H13N3OS/c16-11(14-5-1-2-6-14)4-3-10-9-13-12-15(10)7-8-17-12/h3-4,7-9H,1-2,5-6H2/b4-3+. The van der Waals surface area contributed by atoms with Crippen molar-refractivity contribution in [3.63, 3.8) is 0 Å². The number of hydrogen-bond acceptors (Lipinski definition) is 3. The van der Waals surface area contributed by atoms with Crippen molar-refractivity contribution in [3.05, 3.63) is 29.5 Å². The highest BCUT2D eigenvalue weighted by Gasteiger charge is 2.15. The molecular formula is C12H13N3OS. The first-order valence-corrected chi connectivity index (χ1v) is 6.60. The van der Waals surface area contributed by atoms with E-state index in [0.29, 0.717) is 0 Å². The predicted octanol–water partition coefficient (Wildman–Crippen LogP) is 2.03. The molecule has 1 fully saturated rings. The zero-order valence-corrected chi connectivity index (χ0v) is 10.2. The van der Waals surface area contributed by atoms with Gasteiger partial charge in [-0.3, -0.25) is 9.20 Å². The molecule has 1 aliphatic heterocycles. The first-order valence-electron chi connectivity index (χ1n) is 5.72. The van der Waals surface area contributed by atoms with Crippen molar-refractivity contribution < 1.29 is 4.79 Å². The molecule has 88 valence electrons. The Morgan fingerprint density at radius 3 is 3.06 bits per heavy atom. The molecular weight excluding hydrogens is 234 g/mol. The largest absolute Gasteiger partial charge is 0.339 e. The van der Waals surface area contributed by atoms with Crippen LogP contribution in [0.5, 0.6) is 0 Å². The second kappa shape index (κ2) is 4.33.